The van der Waals surface area contributed by atoms with Crippen LogP contribution >= 0.6 is 0 Å². The zero-order chi connectivity index (χ0) is 29.2. The monoisotopic (exact) mass is 552 g/mol. The second kappa shape index (κ2) is 11.8. The van der Waals surface area contributed by atoms with Crippen LogP contribution in [0, 0.1) is 6.92 Å². The van der Waals surface area contributed by atoms with Crippen molar-refractivity contribution in [2.24, 2.45) is 0 Å². The number of ether oxygens (including phenoxy) is 2. The van der Waals surface area contributed by atoms with E-state index in [-0.39, 0.29) is 23.3 Å². The molecule has 1 saturated carbocycles. The number of amides is 2. The Hall–Kier alpha value is -3.66. The van der Waals surface area contributed by atoms with Crippen molar-refractivity contribution in [3.63, 3.8) is 0 Å². The number of nitrogens with one attached hydrogen (secondary N) is 1. The Kier molecular flexibility index (Phi) is 8.68. The van der Waals surface area contributed by atoms with Crippen LogP contribution in [0.1, 0.15) is 90.1 Å². The molecule has 1 aromatic carbocycles. The molecule has 10 nitrogen and oxygen atoms in total. The third kappa shape index (κ3) is 7.10. The molecule has 2 atom stereocenters. The summed E-state index contributed by atoms with van der Waals surface area (Å²) in [6.45, 7) is 11.4. The topological polar surface area (TPSA) is 121 Å². The molecule has 40 heavy (non-hydrogen) atoms. The fourth-order valence-electron chi connectivity index (χ4n) is 4.96. The highest BCUT2D eigenvalue weighted by atomic mass is 16.6. The first-order valence-electron chi connectivity index (χ1n) is 13.8. The van der Waals surface area contributed by atoms with Gasteiger partial charge in [0.05, 0.1) is 16.8 Å². The molecule has 2 aromatic rings. The number of piperazine rings is 1. The van der Waals surface area contributed by atoms with E-state index in [0.717, 1.165) is 5.69 Å². The maximum Gasteiger partial charge on any atom is 0.410 e. The van der Waals surface area contributed by atoms with Gasteiger partial charge >= 0.3 is 12.1 Å². The van der Waals surface area contributed by atoms with E-state index in [1.54, 1.807) is 17.9 Å². The second-order valence-electron chi connectivity index (χ2n) is 11.7. The standard InChI is InChI=1S/C30H40N4O6/c1-18-13-25(23(27(35)31-6)14-22(18)28(36)37)39-26(24-10-9-21(15-32-24)20-7-8-20)17-33-11-12-34(19(2)16-33)29(38)40-30(3,4)5/h9-10,13-15,19-20,26H,7-8,11-12,16-17H2,1-6H3,(H,31,35)(H,36,37)/t19-,26-/m1/s1. The number of benzene rings is 1. The lowest BCUT2D eigenvalue weighted by Crippen LogP contribution is -2.55. The molecule has 0 spiro atoms. The summed E-state index contributed by atoms with van der Waals surface area (Å²) in [6, 6.07) is 6.93. The summed E-state index contributed by atoms with van der Waals surface area (Å²) >= 11 is 0. The number of carbonyl (C=O) groups excluding carboxylic acids is 2. The van der Waals surface area contributed by atoms with Crippen molar-refractivity contribution >= 4 is 18.0 Å². The molecule has 10 heteroatoms. The molecule has 1 aliphatic heterocycles. The Labute approximate surface area is 235 Å². The van der Waals surface area contributed by atoms with Crippen LogP contribution in [-0.2, 0) is 4.74 Å². The molecule has 1 aromatic heterocycles. The van der Waals surface area contributed by atoms with Gasteiger partial charge in [-0.05, 0) is 82.7 Å². The minimum Gasteiger partial charge on any atom is -0.482 e. The van der Waals surface area contributed by atoms with E-state index in [1.165, 1.54) is 31.5 Å². The number of aromatic nitrogens is 1. The summed E-state index contributed by atoms with van der Waals surface area (Å²) in [6.07, 6.45) is 3.38. The maximum atomic E-state index is 12.7. The van der Waals surface area contributed by atoms with E-state index >= 15 is 0 Å². The van der Waals surface area contributed by atoms with Gasteiger partial charge in [-0.15, -0.1) is 0 Å². The zero-order valence-corrected chi connectivity index (χ0v) is 24.2. The van der Waals surface area contributed by atoms with Crippen molar-refractivity contribution < 1.29 is 29.0 Å². The SMILES string of the molecule is CNC(=O)c1cc(C(=O)O)c(C)cc1O[C@H](CN1CCN(C(=O)OC(C)(C)C)[C@H](C)C1)c1ccc(C2CC2)cn1. The Morgan fingerprint density at radius 3 is 2.42 bits per heavy atom. The number of nitrogens with zero attached hydrogens (tertiary/aromatic N) is 3. The number of aromatic carboxylic acids is 1. The number of hydrogen-bond acceptors (Lipinski definition) is 7. The highest BCUT2D eigenvalue weighted by molar-refractivity contribution is 6.00. The first kappa shape index (κ1) is 29.3. The summed E-state index contributed by atoms with van der Waals surface area (Å²) in [7, 11) is 1.49. The minimum atomic E-state index is -1.11. The predicted octanol–water partition coefficient (Wildman–Crippen LogP) is 4.39. The van der Waals surface area contributed by atoms with Crippen LogP contribution in [0.3, 0.4) is 0 Å². The molecular formula is C30H40N4O6. The molecule has 2 fully saturated rings. The van der Waals surface area contributed by atoms with Gasteiger partial charge in [-0.2, -0.15) is 0 Å². The first-order valence-corrected chi connectivity index (χ1v) is 13.8. The molecule has 2 amide bonds. The number of pyridine rings is 1. The van der Waals surface area contributed by atoms with Gasteiger partial charge in [0.15, 0.2) is 6.10 Å². The quantitative estimate of drug-likeness (QED) is 0.495. The van der Waals surface area contributed by atoms with Crippen LogP contribution in [0.5, 0.6) is 5.75 Å². The lowest BCUT2D eigenvalue weighted by atomic mass is 10.0. The number of carboxylic acids is 1. The van der Waals surface area contributed by atoms with Crippen molar-refractivity contribution in [1.82, 2.24) is 20.1 Å². The molecule has 0 radical (unpaired) electrons. The lowest BCUT2D eigenvalue weighted by molar-refractivity contribution is -0.00317. The number of carboxylic acid groups (broad SMARTS) is 1. The number of aryl methyl sites for hydroxylation is 1. The van der Waals surface area contributed by atoms with Gasteiger partial charge in [0.25, 0.3) is 5.91 Å². The fourth-order valence-corrected chi connectivity index (χ4v) is 4.96. The van der Waals surface area contributed by atoms with Crippen molar-refractivity contribution in [3.05, 3.63) is 58.4 Å². The van der Waals surface area contributed by atoms with Gasteiger partial charge in [-0.3, -0.25) is 14.7 Å². The van der Waals surface area contributed by atoms with Gasteiger partial charge in [0, 0.05) is 45.5 Å². The molecule has 0 unspecified atom stereocenters. The zero-order valence-electron chi connectivity index (χ0n) is 24.2. The van der Waals surface area contributed by atoms with Crippen LogP contribution in [-0.4, -0.2) is 82.7 Å². The molecule has 4 rings (SSSR count). The van der Waals surface area contributed by atoms with Crippen LogP contribution in [0.2, 0.25) is 0 Å². The highest BCUT2D eigenvalue weighted by Gasteiger charge is 2.33. The third-order valence-corrected chi connectivity index (χ3v) is 7.25. The first-order chi connectivity index (χ1) is 18.9. The fraction of sp³-hybridized carbons (Fsp3) is 0.533. The Balaban J connectivity index is 1.59. The van der Waals surface area contributed by atoms with E-state index in [0.29, 0.717) is 43.4 Å². The van der Waals surface area contributed by atoms with Gasteiger partial charge in [0.2, 0.25) is 0 Å². The lowest BCUT2D eigenvalue weighted by Gasteiger charge is -2.41. The van der Waals surface area contributed by atoms with Gasteiger partial charge in [0.1, 0.15) is 11.4 Å². The van der Waals surface area contributed by atoms with E-state index in [4.69, 9.17) is 14.5 Å². The Morgan fingerprint density at radius 1 is 1.15 bits per heavy atom. The summed E-state index contributed by atoms with van der Waals surface area (Å²) in [5.74, 6) is -0.693. The van der Waals surface area contributed by atoms with Crippen molar-refractivity contribution in [3.8, 4) is 5.75 Å². The molecule has 1 aliphatic carbocycles. The molecule has 216 valence electrons. The summed E-state index contributed by atoms with van der Waals surface area (Å²) in [5.41, 5.74) is 2.03. The van der Waals surface area contributed by atoms with E-state index < -0.39 is 23.6 Å². The Bertz CT molecular complexity index is 1250. The number of carbonyl (C=O) groups is 3. The number of hydrogen-bond donors (Lipinski definition) is 2. The van der Waals surface area contributed by atoms with E-state index in [9.17, 15) is 19.5 Å². The molecule has 1 saturated heterocycles. The van der Waals surface area contributed by atoms with Crippen LogP contribution < -0.4 is 10.1 Å². The van der Waals surface area contributed by atoms with E-state index in [1.807, 2.05) is 40.0 Å². The molecule has 2 aliphatic rings. The van der Waals surface area contributed by atoms with Gasteiger partial charge in [-0.25, -0.2) is 9.59 Å². The van der Waals surface area contributed by atoms with Gasteiger partial charge in [-0.1, -0.05) is 6.07 Å². The average Bonchev–Trinajstić information content (AvgIpc) is 3.72. The summed E-state index contributed by atoms with van der Waals surface area (Å²) < 4.78 is 12.1. The van der Waals surface area contributed by atoms with Crippen molar-refractivity contribution in [1.29, 1.82) is 0 Å². The predicted molar refractivity (Wildman–Crippen MR) is 150 cm³/mol. The van der Waals surface area contributed by atoms with Gasteiger partial charge < -0.3 is 24.8 Å². The third-order valence-electron chi connectivity index (χ3n) is 7.25. The van der Waals surface area contributed by atoms with Crippen molar-refractivity contribution in [2.75, 3.05) is 33.2 Å². The molecule has 2 heterocycles. The average molecular weight is 553 g/mol. The molecule has 0 bridgehead atoms. The van der Waals surface area contributed by atoms with Crippen LogP contribution in [0.4, 0.5) is 4.79 Å². The minimum absolute atomic E-state index is 0.0431. The second-order valence-corrected chi connectivity index (χ2v) is 11.7. The summed E-state index contributed by atoms with van der Waals surface area (Å²) in [4.78, 5) is 45.9. The van der Waals surface area contributed by atoms with Crippen LogP contribution in [0.25, 0.3) is 0 Å². The maximum absolute atomic E-state index is 12.7. The molecular weight excluding hydrogens is 512 g/mol. The smallest absolute Gasteiger partial charge is 0.410 e. The largest absolute Gasteiger partial charge is 0.482 e. The normalized spacial score (nSPS) is 18.6. The number of rotatable bonds is 8. The Morgan fingerprint density at radius 2 is 1.88 bits per heavy atom. The van der Waals surface area contributed by atoms with E-state index in [2.05, 4.69) is 16.3 Å². The van der Waals surface area contributed by atoms with Crippen LogP contribution in [0.15, 0.2) is 30.5 Å². The highest BCUT2D eigenvalue weighted by Crippen LogP contribution is 2.40. The molecule has 2 N–H and O–H groups in total. The summed E-state index contributed by atoms with van der Waals surface area (Å²) in [5, 5.41) is 12.2. The van der Waals surface area contributed by atoms with Crippen molar-refractivity contribution in [2.45, 2.75) is 71.1 Å².